The van der Waals surface area contributed by atoms with Crippen molar-refractivity contribution in [2.75, 3.05) is 11.5 Å². The fourth-order valence-electron chi connectivity index (χ4n) is 1.75. The van der Waals surface area contributed by atoms with E-state index in [2.05, 4.69) is 75.5 Å². The number of benzene rings is 1. The summed E-state index contributed by atoms with van der Waals surface area (Å²) in [5, 5.41) is 0. The highest BCUT2D eigenvalue weighted by Crippen LogP contribution is 2.19. The van der Waals surface area contributed by atoms with E-state index in [9.17, 15) is 0 Å². The predicted molar refractivity (Wildman–Crippen MR) is 97.7 cm³/mol. The second-order valence-corrected chi connectivity index (χ2v) is 8.50. The smallest absolute Gasteiger partial charge is 0.0184 e. The van der Waals surface area contributed by atoms with Gasteiger partial charge in [0.05, 0.1) is 0 Å². The molecule has 0 amide bonds. The molecule has 0 fully saturated rings. The van der Waals surface area contributed by atoms with Gasteiger partial charge in [-0.1, -0.05) is 52.0 Å². The number of hydrogen-bond acceptors (Lipinski definition) is 2. The summed E-state index contributed by atoms with van der Waals surface area (Å²) < 4.78 is 0. The van der Waals surface area contributed by atoms with Crippen LogP contribution in [-0.4, -0.2) is 11.5 Å². The molecular weight excluding hydrogens is 280 g/mol. The molecule has 114 valence electrons. The van der Waals surface area contributed by atoms with Gasteiger partial charge >= 0.3 is 0 Å². The van der Waals surface area contributed by atoms with Gasteiger partial charge in [0.25, 0.3) is 0 Å². The molecule has 0 nitrogen and oxygen atoms in total. The first-order valence-electron chi connectivity index (χ1n) is 7.81. The largest absolute Gasteiger partial charge is 0.157 e. The van der Waals surface area contributed by atoms with Crippen LogP contribution in [0.4, 0.5) is 0 Å². The Hall–Kier alpha value is -0.0800. The zero-order chi connectivity index (χ0) is 14.8. The molecule has 0 aromatic heterocycles. The molecule has 2 heteroatoms. The normalized spacial score (nSPS) is 11.5. The van der Waals surface area contributed by atoms with Crippen molar-refractivity contribution in [2.45, 2.75) is 52.0 Å². The fourth-order valence-corrected chi connectivity index (χ4v) is 4.17. The van der Waals surface area contributed by atoms with Crippen LogP contribution >= 0.6 is 23.5 Å². The van der Waals surface area contributed by atoms with Crippen molar-refractivity contribution in [1.82, 2.24) is 0 Å². The van der Waals surface area contributed by atoms with E-state index in [1.54, 1.807) is 0 Å². The first-order valence-corrected chi connectivity index (χ1v) is 10.1. The van der Waals surface area contributed by atoms with Crippen LogP contribution in [0.5, 0.6) is 0 Å². The van der Waals surface area contributed by atoms with E-state index in [0.29, 0.717) is 0 Å². The Morgan fingerprint density at radius 2 is 1.05 bits per heavy atom. The van der Waals surface area contributed by atoms with Crippen molar-refractivity contribution in [3.05, 3.63) is 35.4 Å². The van der Waals surface area contributed by atoms with Gasteiger partial charge in [-0.15, -0.1) is 0 Å². The SMILES string of the molecule is CC(C)CCSCc1ccc(CSCCC(C)C)cc1. The highest BCUT2D eigenvalue weighted by molar-refractivity contribution is 7.98. The van der Waals surface area contributed by atoms with Crippen LogP contribution in [-0.2, 0) is 11.5 Å². The van der Waals surface area contributed by atoms with E-state index in [1.165, 1.54) is 35.5 Å². The van der Waals surface area contributed by atoms with Crippen LogP contribution in [0.25, 0.3) is 0 Å². The summed E-state index contributed by atoms with van der Waals surface area (Å²) in [6, 6.07) is 9.23. The van der Waals surface area contributed by atoms with Gasteiger partial charge in [0.15, 0.2) is 0 Å². The standard InChI is InChI=1S/C18H30S2/c1-15(2)9-11-19-13-17-5-7-18(8-6-17)14-20-12-10-16(3)4/h5-8,15-16H,9-14H2,1-4H3. The maximum Gasteiger partial charge on any atom is 0.0184 e. The first-order chi connectivity index (χ1) is 9.58. The molecular formula is C18H30S2. The lowest BCUT2D eigenvalue weighted by Gasteiger charge is -2.07. The van der Waals surface area contributed by atoms with E-state index in [0.717, 1.165) is 23.3 Å². The molecule has 1 aromatic carbocycles. The van der Waals surface area contributed by atoms with Crippen LogP contribution in [0.15, 0.2) is 24.3 Å². The molecule has 0 aliphatic carbocycles. The van der Waals surface area contributed by atoms with Gasteiger partial charge in [-0.25, -0.2) is 0 Å². The number of hydrogen-bond donors (Lipinski definition) is 0. The van der Waals surface area contributed by atoms with Crippen LogP contribution in [0, 0.1) is 11.8 Å². The van der Waals surface area contributed by atoms with Crippen LogP contribution < -0.4 is 0 Å². The molecule has 1 rings (SSSR count). The summed E-state index contributed by atoms with van der Waals surface area (Å²) in [4.78, 5) is 0. The molecule has 1 aromatic rings. The van der Waals surface area contributed by atoms with Crippen LogP contribution in [0.2, 0.25) is 0 Å². The van der Waals surface area contributed by atoms with Gasteiger partial charge in [-0.2, -0.15) is 23.5 Å². The minimum absolute atomic E-state index is 0.827. The van der Waals surface area contributed by atoms with E-state index in [1.807, 2.05) is 0 Å². The first kappa shape index (κ1) is 18.0. The molecule has 0 unspecified atom stereocenters. The lowest BCUT2D eigenvalue weighted by molar-refractivity contribution is 0.632. The summed E-state index contributed by atoms with van der Waals surface area (Å²) in [6.07, 6.45) is 2.66. The molecule has 0 aliphatic rings. The third-order valence-corrected chi connectivity index (χ3v) is 5.36. The third kappa shape index (κ3) is 8.97. The summed E-state index contributed by atoms with van der Waals surface area (Å²) >= 11 is 4.12. The number of thioether (sulfide) groups is 2. The zero-order valence-corrected chi connectivity index (χ0v) is 15.2. The van der Waals surface area contributed by atoms with Crippen molar-refractivity contribution in [3.63, 3.8) is 0 Å². The summed E-state index contributed by atoms with van der Waals surface area (Å²) in [5.41, 5.74) is 2.93. The van der Waals surface area contributed by atoms with Crippen molar-refractivity contribution >= 4 is 23.5 Å². The Kier molecular flexibility index (Phi) is 9.54. The molecule has 0 atom stereocenters. The lowest BCUT2D eigenvalue weighted by atomic mass is 10.2. The van der Waals surface area contributed by atoms with Crippen molar-refractivity contribution in [2.24, 2.45) is 11.8 Å². The molecule has 0 radical (unpaired) electrons. The molecule has 0 bridgehead atoms. The maximum absolute atomic E-state index is 2.31. The van der Waals surface area contributed by atoms with Crippen LogP contribution in [0.1, 0.15) is 51.7 Å². The monoisotopic (exact) mass is 310 g/mol. The molecule has 0 saturated carbocycles. The van der Waals surface area contributed by atoms with E-state index < -0.39 is 0 Å². The highest BCUT2D eigenvalue weighted by atomic mass is 32.2. The second kappa shape index (κ2) is 10.6. The topological polar surface area (TPSA) is 0 Å². The molecule has 0 saturated heterocycles. The van der Waals surface area contributed by atoms with Crippen LogP contribution in [0.3, 0.4) is 0 Å². The van der Waals surface area contributed by atoms with Crippen molar-refractivity contribution in [1.29, 1.82) is 0 Å². The van der Waals surface area contributed by atoms with Gasteiger partial charge < -0.3 is 0 Å². The number of rotatable bonds is 10. The fraction of sp³-hybridized carbons (Fsp3) is 0.667. The van der Waals surface area contributed by atoms with Gasteiger partial charge in [-0.05, 0) is 47.3 Å². The molecule has 0 N–H and O–H groups in total. The summed E-state index contributed by atoms with van der Waals surface area (Å²) in [6.45, 7) is 9.19. The minimum Gasteiger partial charge on any atom is -0.157 e. The minimum atomic E-state index is 0.827. The third-order valence-electron chi connectivity index (χ3n) is 3.24. The quantitative estimate of drug-likeness (QED) is 0.469. The molecule has 0 spiro atoms. The van der Waals surface area contributed by atoms with Gasteiger partial charge in [0.1, 0.15) is 0 Å². The van der Waals surface area contributed by atoms with Gasteiger partial charge in [0, 0.05) is 11.5 Å². The van der Waals surface area contributed by atoms with Gasteiger partial charge in [0.2, 0.25) is 0 Å². The van der Waals surface area contributed by atoms with E-state index >= 15 is 0 Å². The Morgan fingerprint density at radius 1 is 0.700 bits per heavy atom. The Balaban J connectivity index is 2.19. The lowest BCUT2D eigenvalue weighted by Crippen LogP contribution is -1.92. The van der Waals surface area contributed by atoms with Gasteiger partial charge in [-0.3, -0.25) is 0 Å². The Labute approximate surface area is 134 Å². The highest BCUT2D eigenvalue weighted by Gasteiger charge is 1.99. The zero-order valence-electron chi connectivity index (χ0n) is 13.5. The van der Waals surface area contributed by atoms with Crippen molar-refractivity contribution in [3.8, 4) is 0 Å². The maximum atomic E-state index is 2.31. The molecule has 0 heterocycles. The summed E-state index contributed by atoms with van der Waals surface area (Å²) in [5.74, 6) is 6.54. The average molecular weight is 311 g/mol. The molecule has 0 aliphatic heterocycles. The predicted octanol–water partition coefficient (Wildman–Crippen LogP) is 6.25. The second-order valence-electron chi connectivity index (χ2n) is 6.29. The Morgan fingerprint density at radius 3 is 1.35 bits per heavy atom. The van der Waals surface area contributed by atoms with Crippen molar-refractivity contribution < 1.29 is 0 Å². The van der Waals surface area contributed by atoms with E-state index in [4.69, 9.17) is 0 Å². The summed E-state index contributed by atoms with van der Waals surface area (Å²) in [7, 11) is 0. The van der Waals surface area contributed by atoms with E-state index in [-0.39, 0.29) is 0 Å². The Bertz CT molecular complexity index is 306. The average Bonchev–Trinajstić information content (AvgIpc) is 2.41. The molecule has 20 heavy (non-hydrogen) atoms.